The van der Waals surface area contributed by atoms with Crippen LogP contribution in [0.15, 0.2) is 0 Å². The highest BCUT2D eigenvalue weighted by atomic mass is 35.5. The normalized spacial score (nSPS) is 30.2. The van der Waals surface area contributed by atoms with Gasteiger partial charge < -0.3 is 21.3 Å². The van der Waals surface area contributed by atoms with E-state index < -0.39 is 0 Å². The standard InChI is InChI=1S/C29H54ClN7/c1-11-13-15-31-19-17-26(3,4)36-28(7,8)21(19)23-33-24(35-25(30)34-23)22-20(32-16-14-12-2)18-27(5,6)37-29(22,9)10/h19-22,31-32,36-37H,11-18H2,1-10H3. The van der Waals surface area contributed by atoms with Gasteiger partial charge in [-0.3, -0.25) is 0 Å². The van der Waals surface area contributed by atoms with Crippen LogP contribution in [0.3, 0.4) is 0 Å². The lowest BCUT2D eigenvalue weighted by atomic mass is 9.70. The highest BCUT2D eigenvalue weighted by Crippen LogP contribution is 2.42. The maximum atomic E-state index is 6.69. The molecular weight excluding hydrogens is 482 g/mol. The van der Waals surface area contributed by atoms with Gasteiger partial charge in [0, 0.05) is 34.2 Å². The van der Waals surface area contributed by atoms with E-state index in [1.165, 1.54) is 12.8 Å². The third kappa shape index (κ3) is 7.63. The summed E-state index contributed by atoms with van der Waals surface area (Å²) in [5.41, 5.74) is -0.402. The molecule has 1 aromatic rings. The van der Waals surface area contributed by atoms with Crippen molar-refractivity contribution in [1.29, 1.82) is 0 Å². The van der Waals surface area contributed by atoms with Crippen molar-refractivity contribution in [3.05, 3.63) is 16.9 Å². The van der Waals surface area contributed by atoms with Gasteiger partial charge in [-0.05, 0) is 106 Å². The molecule has 2 aliphatic rings. The Bertz CT molecular complexity index is 830. The average molecular weight is 536 g/mol. The summed E-state index contributed by atoms with van der Waals surface area (Å²) in [5.74, 6) is 1.73. The van der Waals surface area contributed by atoms with E-state index >= 15 is 0 Å². The largest absolute Gasteiger partial charge is 0.313 e. The van der Waals surface area contributed by atoms with Gasteiger partial charge in [0.1, 0.15) is 11.6 Å². The molecule has 1 aromatic heterocycles. The SMILES string of the molecule is CCCCNC1CC(C)(C)NC(C)(C)C1c1nc(Cl)nc(C2C(NCCCC)CC(C)(C)NC2(C)C)n1. The Morgan fingerprint density at radius 1 is 0.703 bits per heavy atom. The Balaban J connectivity index is 2.04. The molecule has 2 saturated heterocycles. The highest BCUT2D eigenvalue weighted by molar-refractivity contribution is 6.28. The van der Waals surface area contributed by atoms with Gasteiger partial charge in [0.2, 0.25) is 5.28 Å². The summed E-state index contributed by atoms with van der Waals surface area (Å²) in [4.78, 5) is 14.8. The lowest BCUT2D eigenvalue weighted by Crippen LogP contribution is -2.67. The Hall–Kier alpha value is -0.860. The molecule has 4 unspecified atom stereocenters. The molecule has 3 heterocycles. The van der Waals surface area contributed by atoms with Crippen LogP contribution in [-0.4, -0.2) is 62.3 Å². The zero-order valence-corrected chi connectivity index (χ0v) is 25.9. The Labute approximate surface area is 231 Å². The first-order chi connectivity index (χ1) is 17.1. The number of hydrogen-bond acceptors (Lipinski definition) is 7. The first kappa shape index (κ1) is 30.7. The highest BCUT2D eigenvalue weighted by Gasteiger charge is 2.50. The molecule has 0 bridgehead atoms. The lowest BCUT2D eigenvalue weighted by molar-refractivity contribution is 0.107. The van der Waals surface area contributed by atoms with Crippen molar-refractivity contribution >= 4 is 11.6 Å². The first-order valence-electron chi connectivity index (χ1n) is 14.6. The van der Waals surface area contributed by atoms with Crippen molar-refractivity contribution in [2.75, 3.05) is 13.1 Å². The first-order valence-corrected chi connectivity index (χ1v) is 15.0. The van der Waals surface area contributed by atoms with Crippen molar-refractivity contribution in [3.63, 3.8) is 0 Å². The topological polar surface area (TPSA) is 86.8 Å². The minimum Gasteiger partial charge on any atom is -0.313 e. The molecule has 2 aliphatic heterocycles. The molecule has 0 aromatic carbocycles. The summed E-state index contributed by atoms with van der Waals surface area (Å²) in [6.45, 7) is 24.7. The van der Waals surface area contributed by atoms with Crippen molar-refractivity contribution in [2.45, 2.75) is 154 Å². The minimum atomic E-state index is -0.214. The second-order valence-corrected chi connectivity index (χ2v) is 14.3. The zero-order valence-electron chi connectivity index (χ0n) is 25.2. The second kappa shape index (κ2) is 11.7. The van der Waals surface area contributed by atoms with Gasteiger partial charge in [0.15, 0.2) is 0 Å². The monoisotopic (exact) mass is 535 g/mol. The van der Waals surface area contributed by atoms with Crippen molar-refractivity contribution in [2.24, 2.45) is 0 Å². The van der Waals surface area contributed by atoms with Crippen molar-refractivity contribution < 1.29 is 0 Å². The second-order valence-electron chi connectivity index (χ2n) is 14.0. The molecule has 0 spiro atoms. The number of piperidine rings is 2. The van der Waals surface area contributed by atoms with Crippen LogP contribution >= 0.6 is 11.6 Å². The number of halogens is 1. The predicted molar refractivity (Wildman–Crippen MR) is 156 cm³/mol. The van der Waals surface area contributed by atoms with Gasteiger partial charge in [-0.1, -0.05) is 26.7 Å². The van der Waals surface area contributed by atoms with Crippen LogP contribution in [0.2, 0.25) is 5.28 Å². The number of nitrogens with one attached hydrogen (secondary N) is 4. The summed E-state index contributed by atoms with van der Waals surface area (Å²) >= 11 is 6.69. The summed E-state index contributed by atoms with van der Waals surface area (Å²) < 4.78 is 0. The molecule has 7 nitrogen and oxygen atoms in total. The maximum Gasteiger partial charge on any atom is 0.225 e. The molecule has 212 valence electrons. The molecule has 0 radical (unpaired) electrons. The quantitative estimate of drug-likeness (QED) is 0.302. The number of unbranched alkanes of at least 4 members (excludes halogenated alkanes) is 2. The van der Waals surface area contributed by atoms with Crippen LogP contribution in [0.5, 0.6) is 0 Å². The van der Waals surface area contributed by atoms with E-state index in [4.69, 9.17) is 26.6 Å². The van der Waals surface area contributed by atoms with Gasteiger partial charge in [-0.25, -0.2) is 15.0 Å². The lowest BCUT2D eigenvalue weighted by Gasteiger charge is -2.52. The average Bonchev–Trinajstić information content (AvgIpc) is 2.70. The Morgan fingerprint density at radius 3 is 1.43 bits per heavy atom. The Kier molecular flexibility index (Phi) is 9.71. The van der Waals surface area contributed by atoms with E-state index in [-0.39, 0.29) is 46.1 Å². The van der Waals surface area contributed by atoms with Crippen LogP contribution < -0.4 is 21.3 Å². The van der Waals surface area contributed by atoms with Crippen LogP contribution in [0.25, 0.3) is 0 Å². The van der Waals surface area contributed by atoms with Gasteiger partial charge in [-0.15, -0.1) is 0 Å². The fraction of sp³-hybridized carbons (Fsp3) is 0.897. The van der Waals surface area contributed by atoms with E-state index in [1.807, 2.05) is 0 Å². The van der Waals surface area contributed by atoms with Crippen LogP contribution in [-0.2, 0) is 0 Å². The number of aromatic nitrogens is 3. The Morgan fingerprint density at radius 2 is 1.08 bits per heavy atom. The summed E-state index contributed by atoms with van der Waals surface area (Å²) in [7, 11) is 0. The number of rotatable bonds is 10. The van der Waals surface area contributed by atoms with E-state index in [0.29, 0.717) is 5.28 Å². The van der Waals surface area contributed by atoms with Crippen molar-refractivity contribution in [1.82, 2.24) is 36.2 Å². The smallest absolute Gasteiger partial charge is 0.225 e. The number of hydrogen-bond donors (Lipinski definition) is 4. The third-order valence-electron chi connectivity index (χ3n) is 8.21. The molecule has 37 heavy (non-hydrogen) atoms. The third-order valence-corrected chi connectivity index (χ3v) is 8.38. The molecule has 2 fully saturated rings. The molecular formula is C29H54ClN7. The fourth-order valence-electron chi connectivity index (χ4n) is 7.32. The fourth-order valence-corrected chi connectivity index (χ4v) is 7.49. The maximum absolute atomic E-state index is 6.69. The molecule has 8 heteroatoms. The van der Waals surface area contributed by atoms with E-state index in [1.54, 1.807) is 0 Å². The van der Waals surface area contributed by atoms with Crippen LogP contribution in [0.4, 0.5) is 0 Å². The summed E-state index contributed by atoms with van der Waals surface area (Å²) in [6, 6.07) is 0.498. The van der Waals surface area contributed by atoms with E-state index in [2.05, 4.69) is 90.5 Å². The number of nitrogens with zero attached hydrogens (tertiary/aromatic N) is 3. The van der Waals surface area contributed by atoms with Gasteiger partial charge in [0.05, 0.1) is 11.8 Å². The van der Waals surface area contributed by atoms with Gasteiger partial charge >= 0.3 is 0 Å². The molecule has 4 atom stereocenters. The van der Waals surface area contributed by atoms with Gasteiger partial charge in [0.25, 0.3) is 0 Å². The molecule has 3 rings (SSSR count). The summed E-state index contributed by atoms with van der Waals surface area (Å²) in [5, 5.41) is 15.8. The predicted octanol–water partition coefficient (Wildman–Crippen LogP) is 5.31. The summed E-state index contributed by atoms with van der Waals surface area (Å²) in [6.07, 6.45) is 6.64. The van der Waals surface area contributed by atoms with Gasteiger partial charge in [-0.2, -0.15) is 0 Å². The minimum absolute atomic E-state index is 0.0126. The van der Waals surface area contributed by atoms with Crippen LogP contribution in [0, 0.1) is 0 Å². The molecule has 4 N–H and O–H groups in total. The molecule has 0 saturated carbocycles. The molecule has 0 aliphatic carbocycles. The van der Waals surface area contributed by atoms with Crippen molar-refractivity contribution in [3.8, 4) is 0 Å². The van der Waals surface area contributed by atoms with Crippen LogP contribution in [0.1, 0.15) is 131 Å². The zero-order chi connectivity index (χ0) is 27.6. The van der Waals surface area contributed by atoms with E-state index in [9.17, 15) is 0 Å². The van der Waals surface area contributed by atoms with E-state index in [0.717, 1.165) is 50.4 Å². The molecule has 0 amide bonds.